The van der Waals surface area contributed by atoms with Crippen molar-refractivity contribution in [3.8, 4) is 5.75 Å². The molecule has 3 aromatic rings. The molecular formula is C26H26Cl2N4O5S. The summed E-state index contributed by atoms with van der Waals surface area (Å²) in [6.07, 6.45) is 2.36. The molecule has 0 spiro atoms. The molecule has 38 heavy (non-hydrogen) atoms. The minimum Gasteiger partial charge on any atom is -0.484 e. The van der Waals surface area contributed by atoms with E-state index < -0.39 is 22.5 Å². The largest absolute Gasteiger partial charge is 0.484 e. The van der Waals surface area contributed by atoms with Crippen LogP contribution in [-0.4, -0.2) is 45.9 Å². The number of carbonyl (C=O) groups is 2. The molecule has 2 N–H and O–H groups in total. The number of hydrazone groups is 1. The highest BCUT2D eigenvalue weighted by Crippen LogP contribution is 2.28. The number of hydrogen-bond donors (Lipinski definition) is 2. The van der Waals surface area contributed by atoms with Crippen LogP contribution in [0.3, 0.4) is 0 Å². The standard InChI is InChI=1S/C26H26Cl2N4O5S/c1-18(20-6-4-3-5-7-20)30-26(34)17-37-22-11-8-19(9-12-22)15-29-31-25(33)16-32(38(2,35)36)21-10-13-23(27)24(28)14-21/h3-15,18H,16-17H2,1-2H3,(H,30,34)(H,31,33). The third kappa shape index (κ3) is 8.76. The predicted octanol–water partition coefficient (Wildman–Crippen LogP) is 4.17. The van der Waals surface area contributed by atoms with Gasteiger partial charge in [0, 0.05) is 0 Å². The minimum atomic E-state index is -3.78. The first-order chi connectivity index (χ1) is 18.0. The van der Waals surface area contributed by atoms with Crippen LogP contribution in [0.1, 0.15) is 24.1 Å². The Labute approximate surface area is 231 Å². The number of rotatable bonds is 11. The van der Waals surface area contributed by atoms with Crippen LogP contribution in [0.15, 0.2) is 77.9 Å². The van der Waals surface area contributed by atoms with Crippen LogP contribution < -0.4 is 19.8 Å². The molecule has 0 saturated carbocycles. The topological polar surface area (TPSA) is 117 Å². The Morgan fingerprint density at radius 3 is 2.32 bits per heavy atom. The maximum Gasteiger partial charge on any atom is 0.260 e. The highest BCUT2D eigenvalue weighted by molar-refractivity contribution is 7.92. The molecule has 2 amide bonds. The first-order valence-corrected chi connectivity index (χ1v) is 13.9. The van der Waals surface area contributed by atoms with Gasteiger partial charge in [0.1, 0.15) is 12.3 Å². The maximum absolute atomic E-state index is 12.3. The summed E-state index contributed by atoms with van der Waals surface area (Å²) in [5.41, 5.74) is 4.13. The molecule has 0 saturated heterocycles. The molecule has 1 atom stereocenters. The van der Waals surface area contributed by atoms with Crippen molar-refractivity contribution in [3.05, 3.63) is 94.0 Å². The minimum absolute atomic E-state index is 0.143. The second-order valence-electron chi connectivity index (χ2n) is 8.22. The van der Waals surface area contributed by atoms with Crippen LogP contribution in [0.5, 0.6) is 5.75 Å². The molecule has 0 aliphatic heterocycles. The van der Waals surface area contributed by atoms with Crippen LogP contribution in [0.2, 0.25) is 10.0 Å². The van der Waals surface area contributed by atoms with Gasteiger partial charge in [-0.25, -0.2) is 13.8 Å². The van der Waals surface area contributed by atoms with Gasteiger partial charge >= 0.3 is 0 Å². The summed E-state index contributed by atoms with van der Waals surface area (Å²) in [5, 5.41) is 7.16. The molecule has 1 unspecified atom stereocenters. The lowest BCUT2D eigenvalue weighted by atomic mass is 10.1. The Morgan fingerprint density at radius 1 is 1.00 bits per heavy atom. The van der Waals surface area contributed by atoms with Crippen LogP contribution in [-0.2, 0) is 19.6 Å². The van der Waals surface area contributed by atoms with Gasteiger partial charge in [-0.05, 0) is 60.5 Å². The molecular weight excluding hydrogens is 551 g/mol. The van der Waals surface area contributed by atoms with E-state index in [2.05, 4.69) is 15.8 Å². The van der Waals surface area contributed by atoms with Gasteiger partial charge in [-0.15, -0.1) is 0 Å². The van der Waals surface area contributed by atoms with Gasteiger partial charge in [0.2, 0.25) is 10.0 Å². The summed E-state index contributed by atoms with van der Waals surface area (Å²) in [5.74, 6) is -0.425. The Morgan fingerprint density at radius 2 is 1.68 bits per heavy atom. The Balaban J connectivity index is 1.49. The SMILES string of the molecule is CC(NC(=O)COc1ccc(C=NNC(=O)CN(c2ccc(Cl)c(Cl)c2)S(C)(=O)=O)cc1)c1ccccc1. The summed E-state index contributed by atoms with van der Waals surface area (Å²) in [4.78, 5) is 24.5. The van der Waals surface area contributed by atoms with Crippen LogP contribution in [0.25, 0.3) is 0 Å². The molecule has 0 fully saturated rings. The van der Waals surface area contributed by atoms with E-state index in [9.17, 15) is 18.0 Å². The van der Waals surface area contributed by atoms with Gasteiger partial charge < -0.3 is 10.1 Å². The number of nitrogens with zero attached hydrogens (tertiary/aromatic N) is 2. The number of amides is 2. The zero-order chi connectivity index (χ0) is 27.7. The van der Waals surface area contributed by atoms with Crippen molar-refractivity contribution >= 4 is 56.9 Å². The lowest BCUT2D eigenvalue weighted by Crippen LogP contribution is -2.39. The summed E-state index contributed by atoms with van der Waals surface area (Å²) in [6.45, 7) is 1.24. The van der Waals surface area contributed by atoms with Crippen LogP contribution in [0.4, 0.5) is 5.69 Å². The molecule has 3 aromatic carbocycles. The normalized spacial score (nSPS) is 12.1. The van der Waals surface area contributed by atoms with Crippen molar-refractivity contribution in [2.45, 2.75) is 13.0 Å². The van der Waals surface area contributed by atoms with E-state index in [1.165, 1.54) is 24.4 Å². The molecule has 0 heterocycles. The fourth-order valence-electron chi connectivity index (χ4n) is 3.29. The smallest absolute Gasteiger partial charge is 0.260 e. The lowest BCUT2D eigenvalue weighted by Gasteiger charge is -2.21. The number of carbonyl (C=O) groups excluding carboxylic acids is 2. The number of sulfonamides is 1. The lowest BCUT2D eigenvalue weighted by molar-refractivity contribution is -0.123. The van der Waals surface area contributed by atoms with Gasteiger partial charge in [0.25, 0.3) is 11.8 Å². The third-order valence-electron chi connectivity index (χ3n) is 5.21. The van der Waals surface area contributed by atoms with E-state index in [0.29, 0.717) is 11.3 Å². The van der Waals surface area contributed by atoms with E-state index in [-0.39, 0.29) is 34.3 Å². The summed E-state index contributed by atoms with van der Waals surface area (Å²) < 4.78 is 30.8. The summed E-state index contributed by atoms with van der Waals surface area (Å²) in [7, 11) is -3.78. The molecule has 0 bridgehead atoms. The number of halogens is 2. The first-order valence-electron chi connectivity index (χ1n) is 11.3. The first kappa shape index (κ1) is 29.0. The van der Waals surface area contributed by atoms with Crippen molar-refractivity contribution in [3.63, 3.8) is 0 Å². The van der Waals surface area contributed by atoms with E-state index >= 15 is 0 Å². The Bertz CT molecular complexity index is 1400. The molecule has 9 nitrogen and oxygen atoms in total. The number of nitrogens with one attached hydrogen (secondary N) is 2. The van der Waals surface area contributed by atoms with E-state index in [4.69, 9.17) is 27.9 Å². The van der Waals surface area contributed by atoms with E-state index in [1.54, 1.807) is 24.3 Å². The average molecular weight is 577 g/mol. The van der Waals surface area contributed by atoms with Crippen molar-refractivity contribution in [1.29, 1.82) is 0 Å². The molecule has 0 aromatic heterocycles. The molecule has 0 radical (unpaired) electrons. The molecule has 200 valence electrons. The van der Waals surface area contributed by atoms with Crippen molar-refractivity contribution in [1.82, 2.24) is 10.7 Å². The zero-order valence-electron chi connectivity index (χ0n) is 20.6. The number of anilines is 1. The fraction of sp³-hybridized carbons (Fsp3) is 0.192. The van der Waals surface area contributed by atoms with Crippen molar-refractivity contribution in [2.24, 2.45) is 5.10 Å². The monoisotopic (exact) mass is 576 g/mol. The summed E-state index contributed by atoms with van der Waals surface area (Å²) >= 11 is 11.9. The maximum atomic E-state index is 12.3. The second kappa shape index (κ2) is 13.3. The zero-order valence-corrected chi connectivity index (χ0v) is 22.9. The van der Waals surface area contributed by atoms with Crippen molar-refractivity contribution in [2.75, 3.05) is 23.7 Å². The fourth-order valence-corrected chi connectivity index (χ4v) is 4.43. The van der Waals surface area contributed by atoms with Crippen LogP contribution in [0, 0.1) is 0 Å². The van der Waals surface area contributed by atoms with Crippen molar-refractivity contribution < 1.29 is 22.7 Å². The number of ether oxygens (including phenoxy) is 1. The third-order valence-corrected chi connectivity index (χ3v) is 7.09. The second-order valence-corrected chi connectivity index (χ2v) is 10.9. The summed E-state index contributed by atoms with van der Waals surface area (Å²) in [6, 6.07) is 20.4. The van der Waals surface area contributed by atoms with E-state index in [0.717, 1.165) is 16.1 Å². The van der Waals surface area contributed by atoms with E-state index in [1.807, 2.05) is 37.3 Å². The van der Waals surface area contributed by atoms with Gasteiger partial charge in [-0.3, -0.25) is 13.9 Å². The van der Waals surface area contributed by atoms with Crippen LogP contribution >= 0.6 is 23.2 Å². The van der Waals surface area contributed by atoms with Gasteiger partial charge in [0.15, 0.2) is 6.61 Å². The molecule has 0 aliphatic rings. The Kier molecular flexibility index (Phi) is 10.1. The molecule has 0 aliphatic carbocycles. The van der Waals surface area contributed by atoms with Gasteiger partial charge in [-0.2, -0.15) is 5.10 Å². The highest BCUT2D eigenvalue weighted by atomic mass is 35.5. The average Bonchev–Trinajstić information content (AvgIpc) is 2.88. The quantitative estimate of drug-likeness (QED) is 0.262. The number of benzene rings is 3. The van der Waals surface area contributed by atoms with Gasteiger partial charge in [-0.1, -0.05) is 53.5 Å². The van der Waals surface area contributed by atoms with Gasteiger partial charge in [0.05, 0.1) is 34.2 Å². The molecule has 3 rings (SSSR count). The number of hydrogen-bond acceptors (Lipinski definition) is 6. The Hall–Kier alpha value is -3.60. The predicted molar refractivity (Wildman–Crippen MR) is 149 cm³/mol. The highest BCUT2D eigenvalue weighted by Gasteiger charge is 2.21. The molecule has 12 heteroatoms.